The van der Waals surface area contributed by atoms with Crippen LogP contribution in [0.1, 0.15) is 28.5 Å². The van der Waals surface area contributed by atoms with Crippen LogP contribution in [0, 0.1) is 11.3 Å². The molecule has 5 nitrogen and oxygen atoms in total. The Bertz CT molecular complexity index is 912. The van der Waals surface area contributed by atoms with Crippen LogP contribution in [0.3, 0.4) is 0 Å². The number of nitrogens with zero attached hydrogens (tertiary/aromatic N) is 1. The Labute approximate surface area is 144 Å². The Kier molecular flexibility index (Phi) is 5.18. The first-order valence-corrected chi connectivity index (χ1v) is 7.29. The van der Waals surface area contributed by atoms with Gasteiger partial charge in [-0.2, -0.15) is 18.4 Å². The number of hydrogen-bond acceptors (Lipinski definition) is 4. The standard InChI is InChI=1S/C16H10ClF3N2O3/c1-2-25-15(24)12-11(8-3-5-9(17)6-4-8)10(7-21)14(23)22-13(12)16(18,19)20/h3-6H,2H2,1H3,(H,22,23). The Hall–Kier alpha value is -2.79. The van der Waals surface area contributed by atoms with Gasteiger partial charge in [-0.3, -0.25) is 4.79 Å². The molecule has 0 amide bonds. The van der Waals surface area contributed by atoms with Crippen LogP contribution in [0.2, 0.25) is 5.02 Å². The molecule has 2 aromatic rings. The van der Waals surface area contributed by atoms with Gasteiger partial charge in [0, 0.05) is 10.6 Å². The summed E-state index contributed by atoms with van der Waals surface area (Å²) in [6.45, 7) is 1.24. The Balaban J connectivity index is 2.97. The summed E-state index contributed by atoms with van der Waals surface area (Å²) in [7, 11) is 0. The number of nitrogens with one attached hydrogen (secondary N) is 1. The van der Waals surface area contributed by atoms with Gasteiger partial charge in [-0.15, -0.1) is 0 Å². The zero-order chi connectivity index (χ0) is 18.8. The Morgan fingerprint density at radius 1 is 1.32 bits per heavy atom. The van der Waals surface area contributed by atoms with Crippen LogP contribution in [-0.4, -0.2) is 17.6 Å². The molecule has 1 heterocycles. The van der Waals surface area contributed by atoms with Gasteiger partial charge in [0.2, 0.25) is 0 Å². The summed E-state index contributed by atoms with van der Waals surface area (Å²) in [6, 6.07) is 6.88. The van der Waals surface area contributed by atoms with Crippen molar-refractivity contribution in [2.24, 2.45) is 0 Å². The number of esters is 1. The molecule has 0 saturated carbocycles. The van der Waals surface area contributed by atoms with E-state index in [1.54, 1.807) is 11.1 Å². The lowest BCUT2D eigenvalue weighted by molar-refractivity contribution is -0.141. The fraction of sp³-hybridized carbons (Fsp3) is 0.188. The molecule has 1 N–H and O–H groups in total. The molecule has 0 fully saturated rings. The van der Waals surface area contributed by atoms with Crippen molar-refractivity contribution in [2.45, 2.75) is 13.1 Å². The fourth-order valence-corrected chi connectivity index (χ4v) is 2.36. The molecule has 9 heteroatoms. The highest BCUT2D eigenvalue weighted by Gasteiger charge is 2.40. The number of alkyl halides is 3. The van der Waals surface area contributed by atoms with Crippen LogP contribution in [-0.2, 0) is 10.9 Å². The largest absolute Gasteiger partial charge is 0.462 e. The molecule has 0 aliphatic rings. The van der Waals surface area contributed by atoms with E-state index >= 15 is 0 Å². The van der Waals surface area contributed by atoms with E-state index in [1.807, 2.05) is 0 Å². The summed E-state index contributed by atoms with van der Waals surface area (Å²) in [5.74, 6) is -1.30. The molecule has 25 heavy (non-hydrogen) atoms. The first kappa shape index (κ1) is 18.5. The monoisotopic (exact) mass is 370 g/mol. The molecule has 0 atom stereocenters. The number of H-pyrrole nitrogens is 1. The predicted molar refractivity (Wildman–Crippen MR) is 83.2 cm³/mol. The number of carbonyl (C=O) groups excluding carboxylic acids is 1. The summed E-state index contributed by atoms with van der Waals surface area (Å²) in [5, 5.41) is 9.51. The highest BCUT2D eigenvalue weighted by atomic mass is 35.5. The smallest absolute Gasteiger partial charge is 0.432 e. The average Bonchev–Trinajstić information content (AvgIpc) is 2.54. The van der Waals surface area contributed by atoms with Crippen LogP contribution in [0.5, 0.6) is 0 Å². The second-order valence-corrected chi connectivity index (χ2v) is 5.23. The lowest BCUT2D eigenvalue weighted by Gasteiger charge is -2.17. The van der Waals surface area contributed by atoms with Gasteiger partial charge in [-0.1, -0.05) is 23.7 Å². The molecule has 0 saturated heterocycles. The number of aromatic nitrogens is 1. The van der Waals surface area contributed by atoms with Gasteiger partial charge in [0.15, 0.2) is 0 Å². The third kappa shape index (κ3) is 3.67. The SMILES string of the molecule is CCOC(=O)c1c(C(F)(F)F)[nH]c(=O)c(C#N)c1-c1ccc(Cl)cc1. The molecule has 1 aromatic heterocycles. The van der Waals surface area contributed by atoms with Crippen molar-refractivity contribution in [3.63, 3.8) is 0 Å². The average molecular weight is 371 g/mol. The molecular weight excluding hydrogens is 361 g/mol. The maximum Gasteiger partial charge on any atom is 0.432 e. The maximum absolute atomic E-state index is 13.3. The normalized spacial score (nSPS) is 11.0. The molecule has 2 rings (SSSR count). The number of hydrogen-bond donors (Lipinski definition) is 1. The van der Waals surface area contributed by atoms with Crippen molar-refractivity contribution >= 4 is 17.6 Å². The van der Waals surface area contributed by atoms with Crippen molar-refractivity contribution in [3.8, 4) is 17.2 Å². The molecule has 0 aliphatic carbocycles. The molecule has 1 aromatic carbocycles. The van der Waals surface area contributed by atoms with Gasteiger partial charge in [0.25, 0.3) is 5.56 Å². The third-order valence-electron chi connectivity index (χ3n) is 3.22. The first-order valence-electron chi connectivity index (χ1n) is 6.91. The Morgan fingerprint density at radius 3 is 2.40 bits per heavy atom. The molecule has 0 unspecified atom stereocenters. The van der Waals surface area contributed by atoms with Crippen LogP contribution in [0.15, 0.2) is 29.1 Å². The van der Waals surface area contributed by atoms with Crippen LogP contribution < -0.4 is 5.56 Å². The summed E-state index contributed by atoms with van der Waals surface area (Å²) < 4.78 is 44.7. The minimum atomic E-state index is -5.03. The number of ether oxygens (including phenoxy) is 1. The van der Waals surface area contributed by atoms with Crippen molar-refractivity contribution < 1.29 is 22.7 Å². The molecule has 0 spiro atoms. The Morgan fingerprint density at radius 2 is 1.92 bits per heavy atom. The highest BCUT2D eigenvalue weighted by molar-refractivity contribution is 6.30. The second kappa shape index (κ2) is 6.99. The number of carbonyl (C=O) groups is 1. The summed E-state index contributed by atoms with van der Waals surface area (Å²) in [6.07, 6.45) is -5.03. The van der Waals surface area contributed by atoms with E-state index in [1.165, 1.54) is 31.2 Å². The molecular formula is C16H10ClF3N2O3. The summed E-state index contributed by atoms with van der Waals surface area (Å²) >= 11 is 5.76. The second-order valence-electron chi connectivity index (χ2n) is 4.79. The van der Waals surface area contributed by atoms with E-state index in [2.05, 4.69) is 0 Å². The molecule has 130 valence electrons. The van der Waals surface area contributed by atoms with Gasteiger partial charge in [-0.25, -0.2) is 4.79 Å². The lowest BCUT2D eigenvalue weighted by atomic mass is 9.94. The van der Waals surface area contributed by atoms with Crippen molar-refractivity contribution in [1.82, 2.24) is 4.98 Å². The number of rotatable bonds is 3. The summed E-state index contributed by atoms with van der Waals surface area (Å²) in [5.41, 5.74) is -4.77. The van der Waals surface area contributed by atoms with Crippen molar-refractivity contribution in [3.05, 3.63) is 56.5 Å². The van der Waals surface area contributed by atoms with Gasteiger partial charge in [0.05, 0.1) is 12.2 Å². The number of benzene rings is 1. The van der Waals surface area contributed by atoms with E-state index in [4.69, 9.17) is 16.3 Å². The third-order valence-corrected chi connectivity index (χ3v) is 3.48. The summed E-state index contributed by atoms with van der Waals surface area (Å²) in [4.78, 5) is 25.7. The number of nitriles is 1. The quantitative estimate of drug-likeness (QED) is 0.834. The van der Waals surface area contributed by atoms with E-state index in [9.17, 15) is 28.0 Å². The zero-order valence-electron chi connectivity index (χ0n) is 12.7. The van der Waals surface area contributed by atoms with Gasteiger partial charge >= 0.3 is 12.1 Å². The molecule has 0 aliphatic heterocycles. The van der Waals surface area contributed by atoms with E-state index in [0.29, 0.717) is 5.02 Å². The van der Waals surface area contributed by atoms with Crippen molar-refractivity contribution in [1.29, 1.82) is 5.26 Å². The minimum Gasteiger partial charge on any atom is -0.462 e. The number of pyridine rings is 1. The zero-order valence-corrected chi connectivity index (χ0v) is 13.5. The minimum absolute atomic E-state index is 0.0561. The highest BCUT2D eigenvalue weighted by Crippen LogP contribution is 2.36. The molecule has 0 bridgehead atoms. The number of halogens is 4. The van der Waals surface area contributed by atoms with Crippen LogP contribution >= 0.6 is 11.6 Å². The van der Waals surface area contributed by atoms with Crippen LogP contribution in [0.4, 0.5) is 13.2 Å². The van der Waals surface area contributed by atoms with Crippen molar-refractivity contribution in [2.75, 3.05) is 6.61 Å². The maximum atomic E-state index is 13.3. The van der Waals surface area contributed by atoms with Crippen LogP contribution in [0.25, 0.3) is 11.1 Å². The molecule has 0 radical (unpaired) electrons. The van der Waals surface area contributed by atoms with Gasteiger partial charge in [-0.05, 0) is 24.6 Å². The fourth-order valence-electron chi connectivity index (χ4n) is 2.23. The van der Waals surface area contributed by atoms with E-state index in [-0.39, 0.29) is 12.2 Å². The predicted octanol–water partition coefficient (Wildman–Crippen LogP) is 3.76. The van der Waals surface area contributed by atoms with Gasteiger partial charge < -0.3 is 9.72 Å². The lowest BCUT2D eigenvalue weighted by Crippen LogP contribution is -2.26. The number of aromatic amines is 1. The van der Waals surface area contributed by atoms with Gasteiger partial charge in [0.1, 0.15) is 17.3 Å². The topological polar surface area (TPSA) is 83.0 Å². The first-order chi connectivity index (χ1) is 11.7. The van der Waals surface area contributed by atoms with E-state index in [0.717, 1.165) is 0 Å². The van der Waals surface area contributed by atoms with E-state index < -0.39 is 40.1 Å².